The van der Waals surface area contributed by atoms with E-state index in [1.165, 1.54) is 0 Å². The minimum absolute atomic E-state index is 0.271. The van der Waals surface area contributed by atoms with Crippen molar-refractivity contribution in [3.05, 3.63) is 58.5 Å². The van der Waals surface area contributed by atoms with Crippen molar-refractivity contribution >= 4 is 49.5 Å². The number of benzene rings is 2. The third-order valence-corrected chi connectivity index (χ3v) is 4.28. The zero-order chi connectivity index (χ0) is 16.0. The Hall–Kier alpha value is -2.60. The van der Waals surface area contributed by atoms with Crippen molar-refractivity contribution in [2.24, 2.45) is 0 Å². The summed E-state index contributed by atoms with van der Waals surface area (Å²) in [7, 11) is 0. The molecule has 0 bridgehead atoms. The van der Waals surface area contributed by atoms with Crippen molar-refractivity contribution in [1.82, 2.24) is 9.97 Å². The van der Waals surface area contributed by atoms with Gasteiger partial charge in [-0.15, -0.1) is 0 Å². The summed E-state index contributed by atoms with van der Waals surface area (Å²) < 4.78 is 6.51. The monoisotopic (exact) mass is 369 g/mol. The van der Waals surface area contributed by atoms with Gasteiger partial charge in [-0.1, -0.05) is 22.0 Å². The molecule has 0 saturated heterocycles. The van der Waals surface area contributed by atoms with Crippen LogP contribution in [0, 0.1) is 6.92 Å². The van der Waals surface area contributed by atoms with Crippen LogP contribution >= 0.6 is 15.9 Å². The number of aromatic amines is 1. The molecule has 2 aromatic heterocycles. The van der Waals surface area contributed by atoms with E-state index in [0.29, 0.717) is 11.3 Å². The summed E-state index contributed by atoms with van der Waals surface area (Å²) in [5, 5.41) is 3.72. The summed E-state index contributed by atoms with van der Waals surface area (Å²) in [6, 6.07) is 12.9. The number of aromatic nitrogens is 2. The lowest BCUT2D eigenvalue weighted by molar-refractivity contribution is 0.0998. The van der Waals surface area contributed by atoms with Crippen molar-refractivity contribution < 1.29 is 9.21 Å². The van der Waals surface area contributed by atoms with Gasteiger partial charge in [0.25, 0.3) is 5.91 Å². The molecule has 2 heterocycles. The number of fused-ring (bicyclic) bond motifs is 2. The van der Waals surface area contributed by atoms with Crippen LogP contribution < -0.4 is 5.32 Å². The fourth-order valence-corrected chi connectivity index (χ4v) is 3.01. The minimum atomic E-state index is -0.288. The van der Waals surface area contributed by atoms with Crippen LogP contribution in [0.1, 0.15) is 16.4 Å². The topological polar surface area (TPSA) is 70.9 Å². The quantitative estimate of drug-likeness (QED) is 0.540. The highest BCUT2D eigenvalue weighted by molar-refractivity contribution is 9.10. The van der Waals surface area contributed by atoms with Crippen molar-refractivity contribution in [1.29, 1.82) is 0 Å². The van der Waals surface area contributed by atoms with Gasteiger partial charge in [0.05, 0.1) is 11.0 Å². The van der Waals surface area contributed by atoms with E-state index in [1.54, 1.807) is 6.07 Å². The van der Waals surface area contributed by atoms with E-state index in [4.69, 9.17) is 4.42 Å². The molecule has 1 amide bonds. The Balaban J connectivity index is 1.65. The van der Waals surface area contributed by atoms with Gasteiger partial charge in [-0.2, -0.15) is 0 Å². The predicted octanol–water partition coefficient (Wildman–Crippen LogP) is 4.63. The zero-order valence-electron chi connectivity index (χ0n) is 12.2. The Kier molecular flexibility index (Phi) is 3.20. The largest absolute Gasteiger partial charge is 0.451 e. The third-order valence-electron chi connectivity index (χ3n) is 3.59. The molecule has 0 radical (unpaired) electrons. The molecule has 0 spiro atoms. The van der Waals surface area contributed by atoms with Gasteiger partial charge >= 0.3 is 0 Å². The van der Waals surface area contributed by atoms with Crippen LogP contribution in [0.3, 0.4) is 0 Å². The molecular formula is C17H12BrN3O2. The second kappa shape index (κ2) is 5.24. The highest BCUT2D eigenvalue weighted by Gasteiger charge is 2.14. The molecule has 4 aromatic rings. The third kappa shape index (κ3) is 2.51. The maximum atomic E-state index is 12.4. The van der Waals surface area contributed by atoms with Crippen LogP contribution in [0.25, 0.3) is 22.0 Å². The van der Waals surface area contributed by atoms with Crippen LogP contribution in [-0.4, -0.2) is 15.9 Å². The number of hydrogen-bond donors (Lipinski definition) is 2. The van der Waals surface area contributed by atoms with Crippen LogP contribution in [0.2, 0.25) is 0 Å². The molecule has 0 fully saturated rings. The van der Waals surface area contributed by atoms with Crippen LogP contribution in [0.4, 0.5) is 5.69 Å². The molecule has 6 heteroatoms. The number of nitrogens with one attached hydrogen (secondary N) is 2. The first-order valence-corrected chi connectivity index (χ1v) is 7.85. The lowest BCUT2D eigenvalue weighted by atomic mass is 10.2. The number of amides is 1. The number of anilines is 1. The van der Waals surface area contributed by atoms with Crippen molar-refractivity contribution in [2.75, 3.05) is 5.32 Å². The number of carbonyl (C=O) groups is 1. The SMILES string of the molecule is Cc1nc2ccc(NC(=O)c3cc4c(Br)cccc4o3)cc2[nH]1. The van der Waals surface area contributed by atoms with E-state index in [1.807, 2.05) is 43.3 Å². The first-order chi connectivity index (χ1) is 11.1. The fourth-order valence-electron chi connectivity index (χ4n) is 2.54. The molecule has 5 nitrogen and oxygen atoms in total. The number of hydrogen-bond acceptors (Lipinski definition) is 3. The molecule has 0 atom stereocenters. The lowest BCUT2D eigenvalue weighted by Gasteiger charge is -2.02. The summed E-state index contributed by atoms with van der Waals surface area (Å²) in [6.07, 6.45) is 0. The van der Waals surface area contributed by atoms with Gasteiger partial charge < -0.3 is 14.7 Å². The van der Waals surface area contributed by atoms with Gasteiger partial charge in [-0.3, -0.25) is 4.79 Å². The maximum Gasteiger partial charge on any atom is 0.291 e. The van der Waals surface area contributed by atoms with Gasteiger partial charge in [0, 0.05) is 15.5 Å². The van der Waals surface area contributed by atoms with E-state index < -0.39 is 0 Å². The summed E-state index contributed by atoms with van der Waals surface area (Å²) in [6.45, 7) is 1.89. The van der Waals surface area contributed by atoms with E-state index in [9.17, 15) is 4.79 Å². The Bertz CT molecular complexity index is 1050. The van der Waals surface area contributed by atoms with Crippen molar-refractivity contribution in [3.8, 4) is 0 Å². The molecule has 23 heavy (non-hydrogen) atoms. The average molecular weight is 370 g/mol. The molecule has 4 rings (SSSR count). The number of furan rings is 1. The zero-order valence-corrected chi connectivity index (χ0v) is 13.8. The smallest absolute Gasteiger partial charge is 0.291 e. The first-order valence-electron chi connectivity index (χ1n) is 7.06. The Morgan fingerprint density at radius 3 is 2.96 bits per heavy atom. The van der Waals surface area contributed by atoms with Crippen molar-refractivity contribution in [2.45, 2.75) is 6.92 Å². The highest BCUT2D eigenvalue weighted by Crippen LogP contribution is 2.27. The van der Waals surface area contributed by atoms with E-state index in [0.717, 1.165) is 26.7 Å². The number of nitrogens with zero attached hydrogens (tertiary/aromatic N) is 1. The van der Waals surface area contributed by atoms with Crippen molar-refractivity contribution in [3.63, 3.8) is 0 Å². The number of rotatable bonds is 2. The Morgan fingerprint density at radius 2 is 2.13 bits per heavy atom. The Labute approximate surface area is 139 Å². The molecule has 2 N–H and O–H groups in total. The lowest BCUT2D eigenvalue weighted by Crippen LogP contribution is -2.10. The normalized spacial score (nSPS) is 11.2. The van der Waals surface area contributed by atoms with Gasteiger partial charge in [-0.05, 0) is 43.3 Å². The molecule has 0 aliphatic carbocycles. The molecular weight excluding hydrogens is 358 g/mol. The highest BCUT2D eigenvalue weighted by atomic mass is 79.9. The number of carbonyl (C=O) groups excluding carboxylic acids is 1. The molecule has 0 saturated carbocycles. The van der Waals surface area contributed by atoms with Crippen LogP contribution in [0.5, 0.6) is 0 Å². The van der Waals surface area contributed by atoms with Gasteiger partial charge in [0.15, 0.2) is 5.76 Å². The van der Waals surface area contributed by atoms with Gasteiger partial charge in [0.1, 0.15) is 11.4 Å². The molecule has 0 unspecified atom stereocenters. The second-order valence-electron chi connectivity index (χ2n) is 5.27. The van der Waals surface area contributed by atoms with E-state index >= 15 is 0 Å². The molecule has 114 valence electrons. The minimum Gasteiger partial charge on any atom is -0.451 e. The van der Waals surface area contributed by atoms with Crippen LogP contribution in [0.15, 0.2) is 51.4 Å². The fraction of sp³-hybridized carbons (Fsp3) is 0.0588. The van der Waals surface area contributed by atoms with Gasteiger partial charge in [0.2, 0.25) is 0 Å². The summed E-state index contributed by atoms with van der Waals surface area (Å²) >= 11 is 3.45. The summed E-state index contributed by atoms with van der Waals surface area (Å²) in [4.78, 5) is 19.9. The predicted molar refractivity (Wildman–Crippen MR) is 92.7 cm³/mol. The standard InChI is InChI=1S/C17H12BrN3O2/c1-9-19-13-6-5-10(7-14(13)20-9)21-17(22)16-8-11-12(18)3-2-4-15(11)23-16/h2-8H,1H3,(H,19,20)(H,21,22). The molecule has 2 aromatic carbocycles. The number of halogens is 1. The maximum absolute atomic E-state index is 12.4. The molecule has 0 aliphatic heterocycles. The molecule has 0 aliphatic rings. The first kappa shape index (κ1) is 14.0. The number of H-pyrrole nitrogens is 1. The summed E-state index contributed by atoms with van der Waals surface area (Å²) in [5.41, 5.74) is 3.11. The van der Waals surface area contributed by atoms with Crippen LogP contribution in [-0.2, 0) is 0 Å². The van der Waals surface area contributed by atoms with E-state index in [2.05, 4.69) is 31.2 Å². The van der Waals surface area contributed by atoms with E-state index in [-0.39, 0.29) is 11.7 Å². The number of imidazole rings is 1. The van der Waals surface area contributed by atoms with Gasteiger partial charge in [-0.25, -0.2) is 4.98 Å². The Morgan fingerprint density at radius 1 is 1.26 bits per heavy atom. The second-order valence-corrected chi connectivity index (χ2v) is 6.12. The summed E-state index contributed by atoms with van der Waals surface area (Å²) in [5.74, 6) is 0.821. The average Bonchev–Trinajstić information content (AvgIpc) is 3.10. The number of aryl methyl sites for hydroxylation is 1.